The van der Waals surface area contributed by atoms with Gasteiger partial charge in [-0.3, -0.25) is 0 Å². The fourth-order valence-corrected chi connectivity index (χ4v) is 3.28. The molecule has 0 atom stereocenters. The third kappa shape index (κ3) is 3.50. The molecule has 0 aliphatic heterocycles. The highest BCUT2D eigenvalue weighted by Gasteiger charge is 2.26. The molecule has 0 bridgehead atoms. The predicted octanol–water partition coefficient (Wildman–Crippen LogP) is 3.90. The standard InChI is InChI=1S/C15H24BrN3O/c1-9(2)10-4-6-11(7-5-10)15-18-12(8-20-3)13(16)14(17)19-15/h9-11H,4-8H2,1-3H3,(H2,17,18,19). The molecule has 0 saturated heterocycles. The molecule has 4 nitrogen and oxygen atoms in total. The normalized spacial score (nSPS) is 23.2. The van der Waals surface area contributed by atoms with Crippen molar-refractivity contribution in [2.75, 3.05) is 12.8 Å². The second kappa shape index (κ2) is 6.85. The topological polar surface area (TPSA) is 61.0 Å². The fraction of sp³-hybridized carbons (Fsp3) is 0.733. The number of rotatable bonds is 4. The van der Waals surface area contributed by atoms with E-state index in [0.717, 1.165) is 40.7 Å². The Labute approximate surface area is 129 Å². The van der Waals surface area contributed by atoms with Crippen molar-refractivity contribution in [3.8, 4) is 0 Å². The number of anilines is 1. The average Bonchev–Trinajstić information content (AvgIpc) is 2.44. The quantitative estimate of drug-likeness (QED) is 0.902. The van der Waals surface area contributed by atoms with Crippen molar-refractivity contribution in [1.82, 2.24) is 9.97 Å². The van der Waals surface area contributed by atoms with Gasteiger partial charge in [-0.25, -0.2) is 9.97 Å². The zero-order valence-corrected chi connectivity index (χ0v) is 14.1. The van der Waals surface area contributed by atoms with Gasteiger partial charge in [-0.1, -0.05) is 13.8 Å². The van der Waals surface area contributed by atoms with E-state index >= 15 is 0 Å². The molecule has 112 valence electrons. The molecule has 1 aromatic rings. The van der Waals surface area contributed by atoms with Crippen LogP contribution in [0.25, 0.3) is 0 Å². The van der Waals surface area contributed by atoms with E-state index in [1.165, 1.54) is 12.8 Å². The van der Waals surface area contributed by atoms with Crippen molar-refractivity contribution in [3.63, 3.8) is 0 Å². The van der Waals surface area contributed by atoms with E-state index in [-0.39, 0.29) is 0 Å². The summed E-state index contributed by atoms with van der Waals surface area (Å²) in [6.07, 6.45) is 4.86. The van der Waals surface area contributed by atoms with E-state index < -0.39 is 0 Å². The lowest BCUT2D eigenvalue weighted by Crippen LogP contribution is -2.20. The monoisotopic (exact) mass is 341 g/mol. The van der Waals surface area contributed by atoms with Crippen LogP contribution in [-0.4, -0.2) is 17.1 Å². The van der Waals surface area contributed by atoms with Crippen LogP contribution in [0.3, 0.4) is 0 Å². The highest BCUT2D eigenvalue weighted by Crippen LogP contribution is 2.38. The molecule has 0 amide bonds. The van der Waals surface area contributed by atoms with Crippen LogP contribution in [0, 0.1) is 11.8 Å². The Balaban J connectivity index is 2.13. The second-order valence-electron chi connectivity index (χ2n) is 6.02. The van der Waals surface area contributed by atoms with Crippen LogP contribution >= 0.6 is 15.9 Å². The van der Waals surface area contributed by atoms with E-state index in [1.54, 1.807) is 7.11 Å². The molecule has 1 fully saturated rings. The second-order valence-corrected chi connectivity index (χ2v) is 6.81. The Morgan fingerprint density at radius 3 is 2.45 bits per heavy atom. The molecule has 0 spiro atoms. The van der Waals surface area contributed by atoms with Gasteiger partial charge >= 0.3 is 0 Å². The highest BCUT2D eigenvalue weighted by atomic mass is 79.9. The molecule has 2 N–H and O–H groups in total. The summed E-state index contributed by atoms with van der Waals surface area (Å²) in [6, 6.07) is 0. The summed E-state index contributed by atoms with van der Waals surface area (Å²) in [5.41, 5.74) is 6.83. The predicted molar refractivity (Wildman–Crippen MR) is 84.4 cm³/mol. The van der Waals surface area contributed by atoms with Crippen LogP contribution in [0.2, 0.25) is 0 Å². The number of nitrogens with two attached hydrogens (primary N) is 1. The first-order valence-corrected chi connectivity index (χ1v) is 8.13. The zero-order valence-electron chi connectivity index (χ0n) is 12.5. The van der Waals surface area contributed by atoms with Crippen LogP contribution in [0.5, 0.6) is 0 Å². The summed E-state index contributed by atoms with van der Waals surface area (Å²) in [5, 5.41) is 0. The van der Waals surface area contributed by atoms with Crippen molar-refractivity contribution in [1.29, 1.82) is 0 Å². The molecular weight excluding hydrogens is 318 g/mol. The molecule has 1 aromatic heterocycles. The van der Waals surface area contributed by atoms with Gasteiger partial charge < -0.3 is 10.5 Å². The van der Waals surface area contributed by atoms with Crippen LogP contribution in [0.4, 0.5) is 5.82 Å². The van der Waals surface area contributed by atoms with E-state index in [1.807, 2.05) is 0 Å². The smallest absolute Gasteiger partial charge is 0.141 e. The Bertz CT molecular complexity index is 457. The van der Waals surface area contributed by atoms with Crippen molar-refractivity contribution in [3.05, 3.63) is 16.0 Å². The fourth-order valence-electron chi connectivity index (χ4n) is 2.99. The number of nitrogen functional groups attached to an aromatic ring is 1. The van der Waals surface area contributed by atoms with Crippen LogP contribution in [0.15, 0.2) is 4.47 Å². The van der Waals surface area contributed by atoms with Gasteiger partial charge in [-0.2, -0.15) is 0 Å². The van der Waals surface area contributed by atoms with Gasteiger partial charge in [0, 0.05) is 13.0 Å². The lowest BCUT2D eigenvalue weighted by Gasteiger charge is -2.30. The number of nitrogens with zero attached hydrogens (tertiary/aromatic N) is 2. The zero-order chi connectivity index (χ0) is 14.7. The maximum absolute atomic E-state index is 5.98. The average molecular weight is 342 g/mol. The van der Waals surface area contributed by atoms with E-state index in [2.05, 4.69) is 39.7 Å². The van der Waals surface area contributed by atoms with Crippen LogP contribution in [-0.2, 0) is 11.3 Å². The van der Waals surface area contributed by atoms with Crippen LogP contribution in [0.1, 0.15) is 57.0 Å². The summed E-state index contributed by atoms with van der Waals surface area (Å²) in [6.45, 7) is 5.09. The summed E-state index contributed by atoms with van der Waals surface area (Å²) in [7, 11) is 1.66. The Morgan fingerprint density at radius 2 is 1.90 bits per heavy atom. The molecule has 2 rings (SSSR count). The minimum Gasteiger partial charge on any atom is -0.383 e. The van der Waals surface area contributed by atoms with Gasteiger partial charge in [0.15, 0.2) is 0 Å². The summed E-state index contributed by atoms with van der Waals surface area (Å²) in [4.78, 5) is 9.13. The lowest BCUT2D eigenvalue weighted by molar-refractivity contribution is 0.180. The Kier molecular flexibility index (Phi) is 5.38. The van der Waals surface area contributed by atoms with Crippen molar-refractivity contribution in [2.45, 2.75) is 52.1 Å². The largest absolute Gasteiger partial charge is 0.383 e. The summed E-state index contributed by atoms with van der Waals surface area (Å²) >= 11 is 3.44. The molecule has 1 heterocycles. The molecule has 1 aliphatic rings. The van der Waals surface area contributed by atoms with Gasteiger partial charge in [0.2, 0.25) is 0 Å². The first-order chi connectivity index (χ1) is 9.52. The first-order valence-electron chi connectivity index (χ1n) is 7.33. The number of aromatic nitrogens is 2. The number of hydrogen-bond acceptors (Lipinski definition) is 4. The van der Waals surface area contributed by atoms with Gasteiger partial charge in [0.05, 0.1) is 16.8 Å². The van der Waals surface area contributed by atoms with Gasteiger partial charge in [0.1, 0.15) is 11.6 Å². The summed E-state index contributed by atoms with van der Waals surface area (Å²) in [5.74, 6) is 3.47. The highest BCUT2D eigenvalue weighted by molar-refractivity contribution is 9.10. The number of ether oxygens (including phenoxy) is 1. The lowest BCUT2D eigenvalue weighted by atomic mass is 9.76. The maximum Gasteiger partial charge on any atom is 0.141 e. The molecule has 0 radical (unpaired) electrons. The SMILES string of the molecule is COCc1nc(C2CCC(C(C)C)CC2)nc(N)c1Br. The van der Waals surface area contributed by atoms with Gasteiger partial charge in [0.25, 0.3) is 0 Å². The minimum absolute atomic E-state index is 0.441. The molecule has 1 saturated carbocycles. The molecule has 5 heteroatoms. The maximum atomic E-state index is 5.98. The molecule has 0 aromatic carbocycles. The molecule has 20 heavy (non-hydrogen) atoms. The summed E-state index contributed by atoms with van der Waals surface area (Å²) < 4.78 is 5.94. The Morgan fingerprint density at radius 1 is 1.25 bits per heavy atom. The molecular formula is C15H24BrN3O. The van der Waals surface area contributed by atoms with Crippen molar-refractivity contribution in [2.24, 2.45) is 11.8 Å². The third-order valence-corrected chi connectivity index (χ3v) is 5.19. The molecule has 1 aliphatic carbocycles. The first kappa shape index (κ1) is 15.7. The van der Waals surface area contributed by atoms with Gasteiger partial charge in [-0.15, -0.1) is 0 Å². The van der Waals surface area contributed by atoms with Crippen LogP contribution < -0.4 is 5.73 Å². The van der Waals surface area contributed by atoms with Gasteiger partial charge in [-0.05, 0) is 53.4 Å². The number of halogens is 1. The minimum atomic E-state index is 0.441. The molecule has 0 unspecified atom stereocenters. The number of methoxy groups -OCH3 is 1. The van der Waals surface area contributed by atoms with E-state index in [9.17, 15) is 0 Å². The third-order valence-electron chi connectivity index (χ3n) is 4.32. The number of hydrogen-bond donors (Lipinski definition) is 1. The van der Waals surface area contributed by atoms with E-state index in [4.69, 9.17) is 10.5 Å². The van der Waals surface area contributed by atoms with Crippen molar-refractivity contribution >= 4 is 21.7 Å². The Hall–Kier alpha value is -0.680. The van der Waals surface area contributed by atoms with E-state index in [0.29, 0.717) is 18.3 Å². The van der Waals surface area contributed by atoms with Crippen molar-refractivity contribution < 1.29 is 4.74 Å².